The van der Waals surface area contributed by atoms with Crippen molar-refractivity contribution in [2.45, 2.75) is 57.4 Å². The smallest absolute Gasteiger partial charge is 0.0107 e. The van der Waals surface area contributed by atoms with Crippen molar-refractivity contribution in [3.05, 3.63) is 0 Å². The average Bonchev–Trinajstić information content (AvgIpc) is 3.12. The topological polar surface area (TPSA) is 15.3 Å². The van der Waals surface area contributed by atoms with E-state index in [1.54, 1.807) is 19.3 Å². The minimum absolute atomic E-state index is 0.883. The quantitative estimate of drug-likeness (QED) is 0.838. The molecule has 0 amide bonds. The molecule has 1 heterocycles. The maximum Gasteiger partial charge on any atom is 0.0107 e. The van der Waals surface area contributed by atoms with Crippen molar-refractivity contribution in [1.29, 1.82) is 0 Å². The second kappa shape index (κ2) is 5.37. The fourth-order valence-electron chi connectivity index (χ4n) is 5.89. The number of nitrogens with zero attached hydrogens (tertiary/aromatic N) is 1. The summed E-state index contributed by atoms with van der Waals surface area (Å²) in [5, 5.41) is 3.93. The molecule has 1 aliphatic heterocycles. The van der Waals surface area contributed by atoms with Gasteiger partial charge in [-0.3, -0.25) is 0 Å². The molecule has 0 aromatic heterocycles. The van der Waals surface area contributed by atoms with Gasteiger partial charge in [-0.05, 0) is 75.3 Å². The molecule has 4 aliphatic rings. The Hall–Kier alpha value is -0.0800. The Morgan fingerprint density at radius 3 is 2.58 bits per heavy atom. The van der Waals surface area contributed by atoms with Gasteiger partial charge in [0.1, 0.15) is 0 Å². The van der Waals surface area contributed by atoms with Gasteiger partial charge in [-0.1, -0.05) is 12.8 Å². The van der Waals surface area contributed by atoms with E-state index in [1.165, 1.54) is 58.3 Å². The molecular weight excluding hydrogens is 232 g/mol. The lowest BCUT2D eigenvalue weighted by molar-refractivity contribution is 0.191. The predicted molar refractivity (Wildman–Crippen MR) is 79.1 cm³/mol. The molecule has 0 spiro atoms. The van der Waals surface area contributed by atoms with Gasteiger partial charge in [0.05, 0.1) is 0 Å². The van der Waals surface area contributed by atoms with E-state index in [0.29, 0.717) is 0 Å². The summed E-state index contributed by atoms with van der Waals surface area (Å²) in [6.07, 6.45) is 12.0. The minimum atomic E-state index is 0.883. The summed E-state index contributed by atoms with van der Waals surface area (Å²) < 4.78 is 0. The molecule has 108 valence electrons. The summed E-state index contributed by atoms with van der Waals surface area (Å²) in [4.78, 5) is 2.67. The summed E-state index contributed by atoms with van der Waals surface area (Å²) in [7, 11) is 0. The van der Waals surface area contributed by atoms with Crippen molar-refractivity contribution >= 4 is 0 Å². The lowest BCUT2D eigenvalue weighted by atomic mass is 9.79. The highest BCUT2D eigenvalue weighted by molar-refractivity contribution is 5.05. The number of hydrogen-bond donors (Lipinski definition) is 1. The molecule has 0 aromatic carbocycles. The molecular formula is C17H30N2. The molecule has 4 fully saturated rings. The van der Waals surface area contributed by atoms with Crippen LogP contribution in [-0.2, 0) is 0 Å². The summed E-state index contributed by atoms with van der Waals surface area (Å²) >= 11 is 0. The van der Waals surface area contributed by atoms with E-state index in [4.69, 9.17) is 0 Å². The summed E-state index contributed by atoms with van der Waals surface area (Å²) in [5.41, 5.74) is 0. The van der Waals surface area contributed by atoms with E-state index < -0.39 is 0 Å². The first-order valence-corrected chi connectivity index (χ1v) is 8.87. The fourth-order valence-corrected chi connectivity index (χ4v) is 5.89. The third-order valence-corrected chi connectivity index (χ3v) is 6.71. The highest BCUT2D eigenvalue weighted by Gasteiger charge is 2.53. The maximum absolute atomic E-state index is 3.93. The van der Waals surface area contributed by atoms with Crippen LogP contribution < -0.4 is 5.32 Å². The third kappa shape index (κ3) is 2.35. The Morgan fingerprint density at radius 1 is 0.842 bits per heavy atom. The lowest BCUT2D eigenvalue weighted by Gasteiger charge is -2.33. The molecule has 0 radical (unpaired) electrons. The van der Waals surface area contributed by atoms with Crippen LogP contribution in [0, 0.1) is 23.7 Å². The Labute approximate surface area is 118 Å². The zero-order valence-electron chi connectivity index (χ0n) is 12.3. The van der Waals surface area contributed by atoms with Crippen molar-refractivity contribution in [2.24, 2.45) is 23.7 Å². The second-order valence-electron chi connectivity index (χ2n) is 7.62. The van der Waals surface area contributed by atoms with E-state index in [9.17, 15) is 0 Å². The molecule has 2 nitrogen and oxygen atoms in total. The van der Waals surface area contributed by atoms with Gasteiger partial charge < -0.3 is 10.2 Å². The minimum Gasteiger partial charge on any atom is -0.312 e. The van der Waals surface area contributed by atoms with Crippen LogP contribution in [0.1, 0.15) is 51.4 Å². The van der Waals surface area contributed by atoms with E-state index in [1.807, 2.05) is 0 Å². The van der Waals surface area contributed by atoms with Gasteiger partial charge in [0.25, 0.3) is 0 Å². The second-order valence-corrected chi connectivity index (χ2v) is 7.62. The van der Waals surface area contributed by atoms with Gasteiger partial charge in [-0.25, -0.2) is 0 Å². The highest BCUT2D eigenvalue weighted by atomic mass is 15.1. The van der Waals surface area contributed by atoms with E-state index in [0.717, 1.165) is 29.7 Å². The van der Waals surface area contributed by atoms with Crippen LogP contribution >= 0.6 is 0 Å². The Morgan fingerprint density at radius 2 is 1.68 bits per heavy atom. The van der Waals surface area contributed by atoms with E-state index >= 15 is 0 Å². The number of piperidine rings is 1. The summed E-state index contributed by atoms with van der Waals surface area (Å²) in [6.45, 7) is 5.24. The Kier molecular flexibility index (Phi) is 3.57. The monoisotopic (exact) mass is 262 g/mol. The molecule has 2 heteroatoms. The summed E-state index contributed by atoms with van der Waals surface area (Å²) in [5.74, 6) is 4.42. The van der Waals surface area contributed by atoms with Crippen LogP contribution in [0.2, 0.25) is 0 Å². The molecule has 4 rings (SSSR count). The number of likely N-dealkylation sites (tertiary alicyclic amines) is 1. The standard InChI is InChI=1S/C17H30N2/c1-2-8-19(9-3-1)10-7-18-17-12-13-11-16(17)15-6-4-5-14(13)15/h13-18H,1-12H2. The average molecular weight is 262 g/mol. The van der Waals surface area contributed by atoms with Crippen molar-refractivity contribution in [3.63, 3.8) is 0 Å². The van der Waals surface area contributed by atoms with Crippen molar-refractivity contribution in [2.75, 3.05) is 26.2 Å². The molecule has 5 atom stereocenters. The molecule has 3 aliphatic carbocycles. The highest BCUT2D eigenvalue weighted by Crippen LogP contribution is 2.58. The predicted octanol–water partition coefficient (Wildman–Crippen LogP) is 2.89. The van der Waals surface area contributed by atoms with Crippen LogP contribution in [0.15, 0.2) is 0 Å². The van der Waals surface area contributed by atoms with Gasteiger partial charge in [-0.2, -0.15) is 0 Å². The Balaban J connectivity index is 1.24. The first-order chi connectivity index (χ1) is 9.42. The zero-order chi connectivity index (χ0) is 12.7. The van der Waals surface area contributed by atoms with E-state index in [2.05, 4.69) is 10.2 Å². The third-order valence-electron chi connectivity index (χ3n) is 6.71. The lowest BCUT2D eigenvalue weighted by Crippen LogP contribution is -2.43. The molecule has 2 bridgehead atoms. The van der Waals surface area contributed by atoms with Crippen molar-refractivity contribution in [1.82, 2.24) is 10.2 Å². The van der Waals surface area contributed by atoms with E-state index in [-0.39, 0.29) is 0 Å². The SMILES string of the molecule is C1CCN(CCNC2CC3CC2C2CCCC32)CC1. The van der Waals surface area contributed by atoms with Crippen LogP contribution in [-0.4, -0.2) is 37.1 Å². The molecule has 19 heavy (non-hydrogen) atoms. The van der Waals surface area contributed by atoms with Crippen LogP contribution in [0.3, 0.4) is 0 Å². The molecule has 1 N–H and O–H groups in total. The van der Waals surface area contributed by atoms with Crippen molar-refractivity contribution in [3.8, 4) is 0 Å². The number of rotatable bonds is 4. The first-order valence-electron chi connectivity index (χ1n) is 8.87. The zero-order valence-corrected chi connectivity index (χ0v) is 12.3. The molecule has 0 aromatic rings. The van der Waals surface area contributed by atoms with Crippen LogP contribution in [0.4, 0.5) is 0 Å². The van der Waals surface area contributed by atoms with Gasteiger partial charge >= 0.3 is 0 Å². The van der Waals surface area contributed by atoms with Gasteiger partial charge in [0, 0.05) is 19.1 Å². The number of hydrogen-bond acceptors (Lipinski definition) is 2. The van der Waals surface area contributed by atoms with Gasteiger partial charge in [0.2, 0.25) is 0 Å². The van der Waals surface area contributed by atoms with Crippen LogP contribution in [0.25, 0.3) is 0 Å². The number of fused-ring (bicyclic) bond motifs is 5. The normalized spacial score (nSPS) is 45.8. The molecule has 1 saturated heterocycles. The van der Waals surface area contributed by atoms with Gasteiger partial charge in [-0.15, -0.1) is 0 Å². The van der Waals surface area contributed by atoms with Gasteiger partial charge in [0.15, 0.2) is 0 Å². The fraction of sp³-hybridized carbons (Fsp3) is 1.00. The van der Waals surface area contributed by atoms with Crippen molar-refractivity contribution < 1.29 is 0 Å². The van der Waals surface area contributed by atoms with Crippen LogP contribution in [0.5, 0.6) is 0 Å². The summed E-state index contributed by atoms with van der Waals surface area (Å²) in [6, 6.07) is 0.883. The maximum atomic E-state index is 3.93. The molecule has 5 unspecified atom stereocenters. The number of nitrogens with one attached hydrogen (secondary N) is 1. The Bertz CT molecular complexity index is 310. The largest absolute Gasteiger partial charge is 0.312 e. The first kappa shape index (κ1) is 12.6. The molecule has 3 saturated carbocycles.